The van der Waals surface area contributed by atoms with Crippen molar-refractivity contribution >= 4 is 23.5 Å². The zero-order chi connectivity index (χ0) is 10.7. The first-order valence-corrected chi connectivity index (χ1v) is 5.72. The molecule has 5 heteroatoms. The van der Waals surface area contributed by atoms with E-state index in [1.807, 2.05) is 11.8 Å². The summed E-state index contributed by atoms with van der Waals surface area (Å²) >= 11 is 1.96. The lowest BCUT2D eigenvalue weighted by molar-refractivity contribution is 0.249. The summed E-state index contributed by atoms with van der Waals surface area (Å²) in [6, 6.07) is -0.594. The third-order valence-corrected chi connectivity index (χ3v) is 3.95. The lowest BCUT2D eigenvalue weighted by Gasteiger charge is -2.30. The molecule has 1 heterocycles. The molecule has 3 N–H and O–H groups in total. The van der Waals surface area contributed by atoms with Crippen LogP contribution in [-0.2, 0) is 0 Å². The number of amides is 2. The highest BCUT2D eigenvalue weighted by molar-refractivity contribution is 8.00. The zero-order valence-corrected chi connectivity index (χ0v) is 9.60. The van der Waals surface area contributed by atoms with Crippen molar-refractivity contribution in [3.05, 3.63) is 0 Å². The number of primary amides is 1. The van der Waals surface area contributed by atoms with Gasteiger partial charge in [-0.05, 0) is 6.42 Å². The normalized spacial score (nSPS) is 35.6. The first kappa shape index (κ1) is 11.4. The number of hydrogen-bond acceptors (Lipinski definition) is 3. The fourth-order valence-electron chi connectivity index (χ4n) is 1.56. The highest BCUT2D eigenvalue weighted by Gasteiger charge is 2.27. The van der Waals surface area contributed by atoms with Gasteiger partial charge in [0, 0.05) is 22.1 Å². The molecule has 0 radical (unpaired) electrons. The van der Waals surface area contributed by atoms with Crippen molar-refractivity contribution in [3.8, 4) is 0 Å². The predicted octanol–water partition coefficient (Wildman–Crippen LogP) is 1.56. The molecular formula is C9H17N3OS. The monoisotopic (exact) mass is 215 g/mol. The number of nitrogens with one attached hydrogen (secondary N) is 1. The van der Waals surface area contributed by atoms with Crippen LogP contribution in [0.3, 0.4) is 0 Å². The van der Waals surface area contributed by atoms with Gasteiger partial charge in [0.1, 0.15) is 0 Å². The van der Waals surface area contributed by atoms with Crippen LogP contribution in [0.4, 0.5) is 4.79 Å². The van der Waals surface area contributed by atoms with Gasteiger partial charge in [-0.15, -0.1) is 0 Å². The zero-order valence-electron chi connectivity index (χ0n) is 8.78. The summed E-state index contributed by atoms with van der Waals surface area (Å²) in [5, 5.41) is 5.16. The van der Waals surface area contributed by atoms with E-state index in [9.17, 15) is 4.79 Å². The number of nitrogens with zero attached hydrogens (tertiary/aromatic N) is 1. The van der Waals surface area contributed by atoms with Gasteiger partial charge in [0.2, 0.25) is 0 Å². The molecule has 0 aromatic rings. The Morgan fingerprint density at radius 2 is 2.21 bits per heavy atom. The molecule has 0 saturated carbocycles. The quantitative estimate of drug-likeness (QED) is 0.652. The van der Waals surface area contributed by atoms with Crippen molar-refractivity contribution < 1.29 is 4.79 Å². The SMILES string of the molecule is C[C@@H]1S[C@@H](C)C/C(=N\NC(N)=O)[C@@H]1C. The largest absolute Gasteiger partial charge is 0.350 e. The Hall–Kier alpha value is -0.710. The lowest BCUT2D eigenvalue weighted by Crippen LogP contribution is -2.34. The summed E-state index contributed by atoms with van der Waals surface area (Å²) < 4.78 is 0. The Morgan fingerprint density at radius 1 is 1.57 bits per heavy atom. The molecule has 1 aliphatic heterocycles. The van der Waals surface area contributed by atoms with Crippen molar-refractivity contribution in [1.29, 1.82) is 0 Å². The number of carbonyl (C=O) groups excluding carboxylic acids is 1. The Balaban J connectivity index is 2.65. The van der Waals surface area contributed by atoms with Gasteiger partial charge in [-0.3, -0.25) is 0 Å². The predicted molar refractivity (Wildman–Crippen MR) is 60.5 cm³/mol. The molecule has 3 atom stereocenters. The highest BCUT2D eigenvalue weighted by Crippen LogP contribution is 2.33. The second kappa shape index (κ2) is 4.68. The van der Waals surface area contributed by atoms with Gasteiger partial charge in [0.25, 0.3) is 0 Å². The summed E-state index contributed by atoms with van der Waals surface area (Å²) in [5.41, 5.74) is 8.31. The Bertz CT molecular complexity index is 254. The highest BCUT2D eigenvalue weighted by atomic mass is 32.2. The first-order valence-electron chi connectivity index (χ1n) is 4.78. The maximum atomic E-state index is 10.5. The smallest absolute Gasteiger partial charge is 0.332 e. The molecule has 2 amide bonds. The first-order chi connectivity index (χ1) is 6.50. The molecule has 0 aliphatic carbocycles. The van der Waals surface area contributed by atoms with E-state index in [-0.39, 0.29) is 0 Å². The van der Waals surface area contributed by atoms with Gasteiger partial charge >= 0.3 is 6.03 Å². The minimum absolute atomic E-state index is 0.406. The molecule has 0 aromatic carbocycles. The third-order valence-electron chi connectivity index (χ3n) is 2.48. The van der Waals surface area contributed by atoms with Crippen molar-refractivity contribution in [3.63, 3.8) is 0 Å². The number of hydrogen-bond donors (Lipinski definition) is 2. The van der Waals surface area contributed by atoms with E-state index in [0.29, 0.717) is 16.4 Å². The van der Waals surface area contributed by atoms with Crippen LogP contribution in [0.15, 0.2) is 5.10 Å². The molecule has 80 valence electrons. The van der Waals surface area contributed by atoms with Gasteiger partial charge in [0.15, 0.2) is 0 Å². The summed E-state index contributed by atoms with van der Waals surface area (Å²) in [7, 11) is 0. The second-order valence-corrected chi connectivity index (χ2v) is 5.54. The minimum Gasteiger partial charge on any atom is -0.350 e. The van der Waals surface area contributed by atoms with Crippen molar-refractivity contribution in [1.82, 2.24) is 5.43 Å². The van der Waals surface area contributed by atoms with E-state index in [1.165, 1.54) is 0 Å². The van der Waals surface area contributed by atoms with Gasteiger partial charge in [-0.1, -0.05) is 20.8 Å². The standard InChI is InChI=1S/C9H17N3OS/c1-5-4-8(11-12-9(10)13)6(2)7(3)14-5/h5-7H,4H2,1-3H3,(H3,10,12,13)/b11-8+/t5-,6+,7-/m0/s1. The molecule has 1 fully saturated rings. The van der Waals surface area contributed by atoms with Crippen molar-refractivity contribution in [2.45, 2.75) is 37.7 Å². The molecule has 0 aromatic heterocycles. The van der Waals surface area contributed by atoms with Gasteiger partial charge < -0.3 is 5.73 Å². The molecule has 1 aliphatic rings. The number of urea groups is 1. The number of thioether (sulfide) groups is 1. The summed E-state index contributed by atoms with van der Waals surface area (Å²) in [5.74, 6) is 0.406. The van der Waals surface area contributed by atoms with Crippen LogP contribution in [0.1, 0.15) is 27.2 Å². The van der Waals surface area contributed by atoms with Gasteiger partial charge in [0.05, 0.1) is 0 Å². The Morgan fingerprint density at radius 3 is 2.79 bits per heavy atom. The van der Waals surface area contributed by atoms with Crippen LogP contribution in [-0.4, -0.2) is 22.2 Å². The molecule has 4 nitrogen and oxygen atoms in total. The van der Waals surface area contributed by atoms with Crippen LogP contribution in [0, 0.1) is 5.92 Å². The summed E-state index contributed by atoms with van der Waals surface area (Å²) in [4.78, 5) is 10.5. The fourth-order valence-corrected chi connectivity index (χ4v) is 2.95. The number of carbonyl (C=O) groups is 1. The summed E-state index contributed by atoms with van der Waals surface area (Å²) in [6.07, 6.45) is 0.927. The van der Waals surface area contributed by atoms with E-state index in [4.69, 9.17) is 5.73 Å². The summed E-state index contributed by atoms with van der Waals surface area (Å²) in [6.45, 7) is 6.49. The molecule has 0 unspecified atom stereocenters. The van der Waals surface area contributed by atoms with Crippen LogP contribution >= 0.6 is 11.8 Å². The lowest BCUT2D eigenvalue weighted by atomic mass is 9.98. The van der Waals surface area contributed by atoms with Gasteiger partial charge in [-0.2, -0.15) is 16.9 Å². The van der Waals surface area contributed by atoms with Gasteiger partial charge in [-0.25, -0.2) is 10.2 Å². The Kier molecular flexibility index (Phi) is 3.80. The van der Waals surface area contributed by atoms with Crippen LogP contribution < -0.4 is 11.2 Å². The van der Waals surface area contributed by atoms with Crippen LogP contribution in [0.25, 0.3) is 0 Å². The Labute approximate surface area is 88.7 Å². The second-order valence-electron chi connectivity index (χ2n) is 3.72. The number of nitrogens with two attached hydrogens (primary N) is 1. The third kappa shape index (κ3) is 2.90. The number of hydrazone groups is 1. The minimum atomic E-state index is -0.594. The molecule has 0 bridgehead atoms. The number of rotatable bonds is 1. The van der Waals surface area contributed by atoms with Crippen LogP contribution in [0.2, 0.25) is 0 Å². The molecular weight excluding hydrogens is 198 g/mol. The van der Waals surface area contributed by atoms with Crippen molar-refractivity contribution in [2.75, 3.05) is 0 Å². The maximum absolute atomic E-state index is 10.5. The average Bonchev–Trinajstić information content (AvgIpc) is 2.08. The van der Waals surface area contributed by atoms with E-state index in [1.54, 1.807) is 0 Å². The molecule has 14 heavy (non-hydrogen) atoms. The fraction of sp³-hybridized carbons (Fsp3) is 0.778. The average molecular weight is 215 g/mol. The van der Waals surface area contributed by atoms with Crippen LogP contribution in [0.5, 0.6) is 0 Å². The van der Waals surface area contributed by atoms with Crippen molar-refractivity contribution in [2.24, 2.45) is 16.8 Å². The maximum Gasteiger partial charge on any atom is 0.332 e. The molecule has 0 spiro atoms. The van der Waals surface area contributed by atoms with E-state index >= 15 is 0 Å². The molecule has 1 saturated heterocycles. The van der Waals surface area contributed by atoms with E-state index in [2.05, 4.69) is 31.3 Å². The molecule has 1 rings (SSSR count). The van der Waals surface area contributed by atoms with E-state index < -0.39 is 6.03 Å². The topological polar surface area (TPSA) is 67.5 Å². The van der Waals surface area contributed by atoms with E-state index in [0.717, 1.165) is 12.1 Å².